The minimum absolute atomic E-state index is 0.0784. The molecule has 0 aromatic heterocycles. The van der Waals surface area contributed by atoms with Crippen LogP contribution in [0.25, 0.3) is 0 Å². The van der Waals surface area contributed by atoms with Crippen LogP contribution in [0.5, 0.6) is 5.75 Å². The Hall–Kier alpha value is -2.60. The van der Waals surface area contributed by atoms with Crippen LogP contribution in [0.15, 0.2) is 42.5 Å². The van der Waals surface area contributed by atoms with Gasteiger partial charge in [0.25, 0.3) is 0 Å². The minimum atomic E-state index is -0.185. The molecule has 2 aromatic carbocycles. The van der Waals surface area contributed by atoms with Crippen LogP contribution in [-0.4, -0.2) is 5.97 Å². The fourth-order valence-electron chi connectivity index (χ4n) is 4.88. The second-order valence-corrected chi connectivity index (χ2v) is 9.57. The Morgan fingerprint density at radius 1 is 0.879 bits per heavy atom. The van der Waals surface area contributed by atoms with Crippen LogP contribution in [0.4, 0.5) is 0 Å². The van der Waals surface area contributed by atoms with Gasteiger partial charge < -0.3 is 4.74 Å². The number of esters is 1. The van der Waals surface area contributed by atoms with Gasteiger partial charge in [-0.1, -0.05) is 69.9 Å². The van der Waals surface area contributed by atoms with E-state index in [0.29, 0.717) is 17.2 Å². The number of benzene rings is 2. The van der Waals surface area contributed by atoms with E-state index in [2.05, 4.69) is 44.2 Å². The van der Waals surface area contributed by atoms with Crippen molar-refractivity contribution in [3.8, 4) is 11.8 Å². The van der Waals surface area contributed by atoms with Crippen LogP contribution in [0, 0.1) is 17.2 Å². The smallest absolute Gasteiger partial charge is 0.314 e. The van der Waals surface area contributed by atoms with Gasteiger partial charge in [0, 0.05) is 0 Å². The molecule has 176 valence electrons. The van der Waals surface area contributed by atoms with Gasteiger partial charge in [0.1, 0.15) is 11.8 Å². The summed E-state index contributed by atoms with van der Waals surface area (Å²) < 4.78 is 5.70. The van der Waals surface area contributed by atoms with Gasteiger partial charge in [-0.05, 0) is 86.1 Å². The van der Waals surface area contributed by atoms with E-state index in [9.17, 15) is 10.1 Å². The van der Waals surface area contributed by atoms with Crippen LogP contribution in [0.2, 0.25) is 0 Å². The number of ether oxygens (including phenoxy) is 1. The Balaban J connectivity index is 1.50. The highest BCUT2D eigenvalue weighted by Crippen LogP contribution is 2.37. The molecule has 2 aromatic rings. The summed E-state index contributed by atoms with van der Waals surface area (Å²) in [5.74, 6) is 0.665. The molecule has 1 saturated carbocycles. The Kier molecular flexibility index (Phi) is 10.0. The lowest BCUT2D eigenvalue weighted by Gasteiger charge is -2.27. The largest absolute Gasteiger partial charge is 0.425 e. The first-order valence-corrected chi connectivity index (χ1v) is 13.0. The molecule has 33 heavy (non-hydrogen) atoms. The van der Waals surface area contributed by atoms with Crippen molar-refractivity contribution in [2.45, 2.75) is 96.8 Å². The van der Waals surface area contributed by atoms with E-state index >= 15 is 0 Å². The Morgan fingerprint density at radius 3 is 2.09 bits per heavy atom. The summed E-state index contributed by atoms with van der Waals surface area (Å²) in [6.45, 7) is 4.42. The summed E-state index contributed by atoms with van der Waals surface area (Å²) in [4.78, 5) is 12.8. The summed E-state index contributed by atoms with van der Waals surface area (Å²) >= 11 is 0. The fourth-order valence-corrected chi connectivity index (χ4v) is 4.88. The minimum Gasteiger partial charge on any atom is -0.425 e. The number of hydrogen-bond donors (Lipinski definition) is 0. The van der Waals surface area contributed by atoms with Crippen molar-refractivity contribution in [2.75, 3.05) is 0 Å². The van der Waals surface area contributed by atoms with E-state index in [4.69, 9.17) is 4.74 Å². The maximum atomic E-state index is 12.8. The van der Waals surface area contributed by atoms with Gasteiger partial charge in [0.2, 0.25) is 0 Å². The van der Waals surface area contributed by atoms with Crippen molar-refractivity contribution in [1.29, 1.82) is 5.26 Å². The third-order valence-corrected chi connectivity index (χ3v) is 7.02. The van der Waals surface area contributed by atoms with Crippen molar-refractivity contribution in [1.82, 2.24) is 0 Å². The monoisotopic (exact) mass is 445 g/mol. The second kappa shape index (κ2) is 13.2. The molecule has 0 unspecified atom stereocenters. The lowest BCUT2D eigenvalue weighted by atomic mass is 9.78. The van der Waals surface area contributed by atoms with E-state index in [-0.39, 0.29) is 11.9 Å². The summed E-state index contributed by atoms with van der Waals surface area (Å²) in [7, 11) is 0. The zero-order valence-corrected chi connectivity index (χ0v) is 20.4. The quantitative estimate of drug-likeness (QED) is 0.201. The van der Waals surface area contributed by atoms with Crippen LogP contribution < -0.4 is 4.74 Å². The lowest BCUT2D eigenvalue weighted by Crippen LogP contribution is -2.25. The van der Waals surface area contributed by atoms with Gasteiger partial charge in [-0.25, -0.2) is 0 Å². The number of carbonyl (C=O) groups is 1. The molecule has 1 fully saturated rings. The first-order valence-electron chi connectivity index (χ1n) is 13.0. The molecule has 0 bridgehead atoms. The summed E-state index contributed by atoms with van der Waals surface area (Å²) in [6, 6.07) is 17.0. The number of nitrogens with zero attached hydrogens (tertiary/aromatic N) is 1. The lowest BCUT2D eigenvalue weighted by molar-refractivity contribution is -0.140. The molecular weight excluding hydrogens is 406 g/mol. The van der Waals surface area contributed by atoms with Crippen LogP contribution >= 0.6 is 0 Å². The number of unbranched alkanes of at least 4 members (excludes halogenated alkanes) is 4. The molecule has 0 heterocycles. The molecule has 0 aliphatic heterocycles. The predicted octanol–water partition coefficient (Wildman–Crippen LogP) is 7.90. The highest BCUT2D eigenvalue weighted by atomic mass is 16.5. The third kappa shape index (κ3) is 7.46. The highest BCUT2D eigenvalue weighted by Gasteiger charge is 2.29. The summed E-state index contributed by atoms with van der Waals surface area (Å²) in [5, 5.41) is 9.54. The molecule has 0 atom stereocenters. The maximum Gasteiger partial charge on any atom is 0.314 e. The SMILES string of the molecule is CCCCCc1ccc(C2CCC(C(=O)Oc3ccc(CCCCC)cc3C#N)CC2)cc1. The van der Waals surface area contributed by atoms with Crippen LogP contribution in [-0.2, 0) is 17.6 Å². The van der Waals surface area contributed by atoms with E-state index < -0.39 is 0 Å². The molecule has 0 amide bonds. The number of rotatable bonds is 11. The van der Waals surface area contributed by atoms with Crippen molar-refractivity contribution in [2.24, 2.45) is 5.92 Å². The average Bonchev–Trinajstić information content (AvgIpc) is 2.85. The third-order valence-electron chi connectivity index (χ3n) is 7.02. The standard InChI is InChI=1S/C30H39NO2/c1-3-5-7-9-23-11-14-25(15-12-23)26-16-18-27(19-17-26)30(32)33-29-20-13-24(10-8-6-4-2)21-28(29)22-31/h11-15,20-21,26-27H,3-10,16-19H2,1-2H3. The molecule has 1 aliphatic carbocycles. The van der Waals surface area contributed by atoms with Crippen molar-refractivity contribution >= 4 is 5.97 Å². The van der Waals surface area contributed by atoms with E-state index in [1.807, 2.05) is 12.1 Å². The molecule has 0 spiro atoms. The van der Waals surface area contributed by atoms with Gasteiger partial charge in [-0.15, -0.1) is 0 Å². The number of nitriles is 1. The van der Waals surface area contributed by atoms with Crippen molar-refractivity contribution in [3.63, 3.8) is 0 Å². The van der Waals surface area contributed by atoms with Crippen LogP contribution in [0.3, 0.4) is 0 Å². The molecule has 3 heteroatoms. The molecule has 0 saturated heterocycles. The first kappa shape index (κ1) is 25.0. The topological polar surface area (TPSA) is 50.1 Å². The summed E-state index contributed by atoms with van der Waals surface area (Å²) in [5.41, 5.74) is 4.42. The average molecular weight is 446 g/mol. The zero-order chi connectivity index (χ0) is 23.5. The van der Waals surface area contributed by atoms with E-state index in [1.165, 1.54) is 43.2 Å². The van der Waals surface area contributed by atoms with Gasteiger partial charge >= 0.3 is 5.97 Å². The summed E-state index contributed by atoms with van der Waals surface area (Å²) in [6.07, 6.45) is 13.1. The second-order valence-electron chi connectivity index (χ2n) is 9.57. The van der Waals surface area contributed by atoms with E-state index in [1.54, 1.807) is 6.07 Å². The number of carbonyl (C=O) groups excluding carboxylic acids is 1. The molecule has 3 nitrogen and oxygen atoms in total. The first-order chi connectivity index (χ1) is 16.1. The molecule has 0 radical (unpaired) electrons. The van der Waals surface area contributed by atoms with Gasteiger partial charge in [0.05, 0.1) is 11.5 Å². The van der Waals surface area contributed by atoms with E-state index in [0.717, 1.165) is 50.5 Å². The Morgan fingerprint density at radius 2 is 1.48 bits per heavy atom. The van der Waals surface area contributed by atoms with Crippen LogP contribution in [0.1, 0.15) is 106 Å². The fraction of sp³-hybridized carbons (Fsp3) is 0.533. The number of aryl methyl sites for hydroxylation is 2. The van der Waals surface area contributed by atoms with Crippen molar-refractivity contribution in [3.05, 3.63) is 64.7 Å². The molecular formula is C30H39NO2. The molecule has 1 aliphatic rings. The predicted molar refractivity (Wildman–Crippen MR) is 134 cm³/mol. The Labute approximate surface area is 200 Å². The maximum absolute atomic E-state index is 12.8. The molecule has 0 N–H and O–H groups in total. The normalized spacial score (nSPS) is 18.0. The number of hydrogen-bond acceptors (Lipinski definition) is 3. The highest BCUT2D eigenvalue weighted by molar-refractivity contribution is 5.76. The molecule has 3 rings (SSSR count). The zero-order valence-electron chi connectivity index (χ0n) is 20.4. The van der Waals surface area contributed by atoms with Crippen molar-refractivity contribution < 1.29 is 9.53 Å². The van der Waals surface area contributed by atoms with Gasteiger partial charge in [0.15, 0.2) is 0 Å². The Bertz CT molecular complexity index is 917. The van der Waals surface area contributed by atoms with Gasteiger partial charge in [-0.3, -0.25) is 4.79 Å². The van der Waals surface area contributed by atoms with Gasteiger partial charge in [-0.2, -0.15) is 5.26 Å².